The van der Waals surface area contributed by atoms with E-state index in [-0.39, 0.29) is 22.2 Å². The van der Waals surface area contributed by atoms with Gasteiger partial charge in [-0.15, -0.1) is 0 Å². The first-order valence-electron chi connectivity index (χ1n) is 8.46. The summed E-state index contributed by atoms with van der Waals surface area (Å²) in [5, 5.41) is 2.77. The molecule has 0 unspecified atom stereocenters. The molecule has 2 N–H and O–H groups in total. The van der Waals surface area contributed by atoms with Crippen molar-refractivity contribution in [1.82, 2.24) is 10.3 Å². The number of para-hydroxylation sites is 1. The fourth-order valence-electron chi connectivity index (χ4n) is 2.54. The highest BCUT2D eigenvalue weighted by atomic mass is 32.2. The van der Waals surface area contributed by atoms with Crippen molar-refractivity contribution in [2.45, 2.75) is 17.9 Å². The highest BCUT2D eigenvalue weighted by molar-refractivity contribution is 7.92. The molecule has 1 aromatic heterocycles. The van der Waals surface area contributed by atoms with Crippen LogP contribution in [-0.4, -0.2) is 19.3 Å². The summed E-state index contributed by atoms with van der Waals surface area (Å²) in [5.74, 6) is -1.13. The lowest BCUT2D eigenvalue weighted by atomic mass is 10.1. The van der Waals surface area contributed by atoms with E-state index in [1.807, 2.05) is 6.07 Å². The summed E-state index contributed by atoms with van der Waals surface area (Å²) in [6.45, 7) is 1.78. The molecule has 1 heterocycles. The quantitative estimate of drug-likeness (QED) is 0.664. The van der Waals surface area contributed by atoms with E-state index in [0.29, 0.717) is 5.69 Å². The van der Waals surface area contributed by atoms with Crippen LogP contribution in [-0.2, 0) is 10.0 Å². The molecule has 6 nitrogen and oxygen atoms in total. The fourth-order valence-corrected chi connectivity index (χ4v) is 3.65. The molecular formula is C20H18FN3O3S. The van der Waals surface area contributed by atoms with Gasteiger partial charge in [0.1, 0.15) is 5.82 Å². The van der Waals surface area contributed by atoms with Crippen LogP contribution in [0.2, 0.25) is 0 Å². The molecule has 3 aromatic rings. The number of benzene rings is 2. The first kappa shape index (κ1) is 19.5. The lowest BCUT2D eigenvalue weighted by molar-refractivity contribution is 0.0939. The number of rotatable bonds is 6. The predicted molar refractivity (Wildman–Crippen MR) is 104 cm³/mol. The van der Waals surface area contributed by atoms with Crippen molar-refractivity contribution in [2.24, 2.45) is 0 Å². The minimum absolute atomic E-state index is 0.145. The summed E-state index contributed by atoms with van der Waals surface area (Å²) >= 11 is 0. The van der Waals surface area contributed by atoms with E-state index in [0.717, 1.165) is 6.07 Å². The van der Waals surface area contributed by atoms with E-state index in [1.54, 1.807) is 25.3 Å². The molecule has 0 bridgehead atoms. The molecule has 0 radical (unpaired) electrons. The van der Waals surface area contributed by atoms with Gasteiger partial charge in [0.05, 0.1) is 22.3 Å². The van der Waals surface area contributed by atoms with Crippen LogP contribution in [0.3, 0.4) is 0 Å². The van der Waals surface area contributed by atoms with Crippen LogP contribution < -0.4 is 10.0 Å². The van der Waals surface area contributed by atoms with Gasteiger partial charge in [-0.05, 0) is 49.4 Å². The number of anilines is 1. The van der Waals surface area contributed by atoms with Gasteiger partial charge >= 0.3 is 0 Å². The highest BCUT2D eigenvalue weighted by Crippen LogP contribution is 2.20. The van der Waals surface area contributed by atoms with Gasteiger partial charge in [-0.1, -0.05) is 24.3 Å². The Morgan fingerprint density at radius 2 is 1.79 bits per heavy atom. The zero-order chi connectivity index (χ0) is 20.1. The van der Waals surface area contributed by atoms with Gasteiger partial charge in [-0.3, -0.25) is 14.5 Å². The Morgan fingerprint density at radius 3 is 2.50 bits per heavy atom. The number of sulfonamides is 1. The second-order valence-corrected chi connectivity index (χ2v) is 7.75. The molecule has 28 heavy (non-hydrogen) atoms. The van der Waals surface area contributed by atoms with Crippen LogP contribution >= 0.6 is 0 Å². The second kappa shape index (κ2) is 8.18. The molecule has 2 aromatic carbocycles. The Kier molecular flexibility index (Phi) is 5.70. The molecule has 3 rings (SSSR count). The topological polar surface area (TPSA) is 88.2 Å². The number of carbonyl (C=O) groups excluding carboxylic acids is 1. The zero-order valence-corrected chi connectivity index (χ0v) is 15.8. The molecule has 144 valence electrons. The van der Waals surface area contributed by atoms with Crippen LogP contribution in [0, 0.1) is 5.82 Å². The maximum Gasteiger partial charge on any atom is 0.262 e. The summed E-state index contributed by atoms with van der Waals surface area (Å²) in [6, 6.07) is 16.0. The van der Waals surface area contributed by atoms with E-state index >= 15 is 0 Å². The molecule has 0 aliphatic rings. The molecule has 1 amide bonds. The lowest BCUT2D eigenvalue weighted by Gasteiger charge is -2.14. The normalized spacial score (nSPS) is 12.2. The number of hydrogen-bond acceptors (Lipinski definition) is 4. The number of nitrogens with zero attached hydrogens (tertiary/aromatic N) is 1. The van der Waals surface area contributed by atoms with Gasteiger partial charge in [-0.2, -0.15) is 0 Å². The Hall–Kier alpha value is -3.26. The number of carbonyl (C=O) groups is 1. The first-order chi connectivity index (χ1) is 13.4. The Labute approximate surface area is 162 Å². The first-order valence-corrected chi connectivity index (χ1v) is 9.94. The van der Waals surface area contributed by atoms with E-state index in [2.05, 4.69) is 15.0 Å². The highest BCUT2D eigenvalue weighted by Gasteiger charge is 2.19. The average Bonchev–Trinajstić information content (AvgIpc) is 2.70. The molecule has 0 saturated heterocycles. The van der Waals surface area contributed by atoms with Crippen molar-refractivity contribution in [3.8, 4) is 0 Å². The van der Waals surface area contributed by atoms with Gasteiger partial charge < -0.3 is 5.32 Å². The van der Waals surface area contributed by atoms with Crippen LogP contribution in [0.15, 0.2) is 77.8 Å². The average molecular weight is 399 g/mol. The van der Waals surface area contributed by atoms with Crippen molar-refractivity contribution >= 4 is 21.6 Å². The Bertz CT molecular complexity index is 1090. The largest absolute Gasteiger partial charge is 0.344 e. The van der Waals surface area contributed by atoms with Gasteiger partial charge in [0, 0.05) is 11.8 Å². The molecular weight excluding hydrogens is 381 g/mol. The van der Waals surface area contributed by atoms with Crippen molar-refractivity contribution < 1.29 is 17.6 Å². The molecule has 1 atom stereocenters. The summed E-state index contributed by atoms with van der Waals surface area (Å²) in [5.41, 5.74) is 0.682. The number of halogens is 1. The Morgan fingerprint density at radius 1 is 1.04 bits per heavy atom. The maximum atomic E-state index is 13.8. The van der Waals surface area contributed by atoms with Crippen molar-refractivity contribution in [1.29, 1.82) is 0 Å². The third-order valence-corrected chi connectivity index (χ3v) is 5.37. The molecule has 8 heteroatoms. The second-order valence-electron chi connectivity index (χ2n) is 6.06. The summed E-state index contributed by atoms with van der Waals surface area (Å²) < 4.78 is 41.0. The van der Waals surface area contributed by atoms with Crippen molar-refractivity contribution in [2.75, 3.05) is 4.72 Å². The number of aromatic nitrogens is 1. The monoisotopic (exact) mass is 399 g/mol. The van der Waals surface area contributed by atoms with E-state index in [1.165, 1.54) is 42.5 Å². The molecule has 0 spiro atoms. The minimum Gasteiger partial charge on any atom is -0.344 e. The number of hydrogen-bond donors (Lipinski definition) is 2. The summed E-state index contributed by atoms with van der Waals surface area (Å²) in [7, 11) is -4.05. The summed E-state index contributed by atoms with van der Waals surface area (Å²) in [4.78, 5) is 16.5. The third-order valence-electron chi connectivity index (χ3n) is 4.00. The predicted octanol–water partition coefficient (Wildman–Crippen LogP) is 3.51. The molecule has 0 saturated carbocycles. The molecule has 0 aliphatic heterocycles. The maximum absolute atomic E-state index is 13.8. The van der Waals surface area contributed by atoms with Crippen molar-refractivity contribution in [3.05, 3.63) is 90.0 Å². The van der Waals surface area contributed by atoms with Crippen LogP contribution in [0.5, 0.6) is 0 Å². The Balaban J connectivity index is 1.79. The number of nitrogens with one attached hydrogen (secondary N) is 2. The zero-order valence-electron chi connectivity index (χ0n) is 15.0. The van der Waals surface area contributed by atoms with E-state index < -0.39 is 21.7 Å². The van der Waals surface area contributed by atoms with Gasteiger partial charge in [0.15, 0.2) is 0 Å². The fraction of sp³-hybridized carbons (Fsp3) is 0.100. The standard InChI is InChI=1S/C20H18FN3O3S/c1-14(18-10-4-5-12-22-18)23-20(25)15-7-6-8-16(13-15)28(26,27)24-19-11-3-2-9-17(19)21/h2-14,24H,1H3,(H,23,25)/t14-/m1/s1. The van der Waals surface area contributed by atoms with Crippen LogP contribution in [0.25, 0.3) is 0 Å². The molecule has 0 fully saturated rings. The van der Waals surface area contributed by atoms with E-state index in [4.69, 9.17) is 0 Å². The van der Waals surface area contributed by atoms with Gasteiger partial charge in [-0.25, -0.2) is 12.8 Å². The minimum atomic E-state index is -4.05. The lowest BCUT2D eigenvalue weighted by Crippen LogP contribution is -2.27. The smallest absolute Gasteiger partial charge is 0.262 e. The van der Waals surface area contributed by atoms with Crippen molar-refractivity contribution in [3.63, 3.8) is 0 Å². The van der Waals surface area contributed by atoms with E-state index in [9.17, 15) is 17.6 Å². The number of pyridine rings is 1. The third kappa shape index (κ3) is 4.52. The van der Waals surface area contributed by atoms with Gasteiger partial charge in [0.25, 0.3) is 15.9 Å². The SMILES string of the molecule is C[C@@H](NC(=O)c1cccc(S(=O)(=O)Nc2ccccc2F)c1)c1ccccn1. The van der Waals surface area contributed by atoms with Crippen LogP contribution in [0.1, 0.15) is 29.0 Å². The van der Waals surface area contributed by atoms with Gasteiger partial charge in [0.2, 0.25) is 0 Å². The van der Waals surface area contributed by atoms with Crippen LogP contribution in [0.4, 0.5) is 10.1 Å². The molecule has 0 aliphatic carbocycles. The number of amides is 1. The summed E-state index contributed by atoms with van der Waals surface area (Å²) in [6.07, 6.45) is 1.62.